The van der Waals surface area contributed by atoms with Gasteiger partial charge < -0.3 is 13.9 Å². The molecule has 4 rings (SSSR count). The topological polar surface area (TPSA) is 70.3 Å². The molecule has 0 aliphatic rings. The zero-order valence-corrected chi connectivity index (χ0v) is 17.8. The average Bonchev–Trinajstić information content (AvgIpc) is 3.17. The van der Waals surface area contributed by atoms with Crippen LogP contribution in [-0.2, 0) is 6.18 Å². The van der Waals surface area contributed by atoms with E-state index in [1.165, 1.54) is 0 Å². The fraction of sp³-hybridized carbons (Fsp3) is 0.227. The van der Waals surface area contributed by atoms with Gasteiger partial charge in [-0.1, -0.05) is 36.2 Å². The van der Waals surface area contributed by atoms with E-state index in [-0.39, 0.29) is 33.9 Å². The standard InChI is InChI=1S/C22H17ClF3N3O3/c1-3-9-30-19-17-20(32-18(27-17)13-6-4-5-12(2)10-13)29-21(28-19)31-16-11-14(22(24,25)26)7-8-15(16)23/h4-8,10-11H,3,9H2,1-2H3. The molecule has 0 amide bonds. The molecule has 0 fully saturated rings. The number of aromatic nitrogens is 3. The first kappa shape index (κ1) is 21.9. The summed E-state index contributed by atoms with van der Waals surface area (Å²) in [6.07, 6.45) is -3.86. The number of alkyl halides is 3. The van der Waals surface area contributed by atoms with Gasteiger partial charge in [-0.15, -0.1) is 0 Å². The molecular weight excluding hydrogens is 447 g/mol. The third-order valence-corrected chi connectivity index (χ3v) is 4.69. The SMILES string of the molecule is CCCOc1nc(Oc2cc(C(F)(F)F)ccc2Cl)nc2oc(-c3cccc(C)c3)nc12. The van der Waals surface area contributed by atoms with Gasteiger partial charge in [-0.3, -0.25) is 0 Å². The Hall–Kier alpha value is -3.33. The number of oxazole rings is 1. The van der Waals surface area contributed by atoms with E-state index in [9.17, 15) is 13.2 Å². The van der Waals surface area contributed by atoms with E-state index < -0.39 is 11.7 Å². The number of aryl methyl sites for hydroxylation is 1. The van der Waals surface area contributed by atoms with Crippen LogP contribution in [0, 0.1) is 6.92 Å². The number of nitrogens with zero attached hydrogens (tertiary/aromatic N) is 3. The summed E-state index contributed by atoms with van der Waals surface area (Å²) in [6.45, 7) is 4.19. The maximum absolute atomic E-state index is 13.1. The van der Waals surface area contributed by atoms with E-state index in [4.69, 9.17) is 25.5 Å². The molecule has 4 aromatic rings. The van der Waals surface area contributed by atoms with Crippen LogP contribution >= 0.6 is 11.6 Å². The molecule has 2 heterocycles. The van der Waals surface area contributed by atoms with Gasteiger partial charge in [-0.2, -0.15) is 23.1 Å². The predicted molar refractivity (Wildman–Crippen MR) is 112 cm³/mol. The molecule has 2 aromatic carbocycles. The largest absolute Gasteiger partial charge is 0.476 e. The number of halogens is 4. The average molecular weight is 464 g/mol. The van der Waals surface area contributed by atoms with Crippen LogP contribution in [0.25, 0.3) is 22.7 Å². The second kappa shape index (κ2) is 8.66. The molecule has 0 radical (unpaired) electrons. The Morgan fingerprint density at radius 3 is 2.59 bits per heavy atom. The summed E-state index contributed by atoms with van der Waals surface area (Å²) in [7, 11) is 0. The van der Waals surface area contributed by atoms with Crippen LogP contribution in [0.2, 0.25) is 5.02 Å². The molecule has 0 N–H and O–H groups in total. The lowest BCUT2D eigenvalue weighted by molar-refractivity contribution is -0.137. The van der Waals surface area contributed by atoms with Gasteiger partial charge >= 0.3 is 12.2 Å². The molecule has 0 saturated heterocycles. The molecule has 166 valence electrons. The van der Waals surface area contributed by atoms with Crippen LogP contribution in [0.3, 0.4) is 0 Å². The smallest absolute Gasteiger partial charge is 0.416 e. The van der Waals surface area contributed by atoms with Gasteiger partial charge in [0.2, 0.25) is 5.89 Å². The Kier molecular flexibility index (Phi) is 5.92. The first-order chi connectivity index (χ1) is 15.2. The third-order valence-electron chi connectivity index (χ3n) is 4.37. The van der Waals surface area contributed by atoms with Crippen LogP contribution < -0.4 is 9.47 Å². The summed E-state index contributed by atoms with van der Waals surface area (Å²) in [5, 5.41) is -0.0317. The molecule has 0 bridgehead atoms. The Bertz CT molecular complexity index is 1270. The molecule has 0 unspecified atom stereocenters. The van der Waals surface area contributed by atoms with Gasteiger partial charge in [0.25, 0.3) is 11.6 Å². The normalized spacial score (nSPS) is 11.7. The van der Waals surface area contributed by atoms with E-state index >= 15 is 0 Å². The molecular formula is C22H17ClF3N3O3. The van der Waals surface area contributed by atoms with E-state index in [0.717, 1.165) is 29.3 Å². The van der Waals surface area contributed by atoms with Gasteiger partial charge in [0, 0.05) is 5.56 Å². The fourth-order valence-corrected chi connectivity index (χ4v) is 3.04. The molecule has 0 spiro atoms. The van der Waals surface area contributed by atoms with Crippen LogP contribution in [0.5, 0.6) is 17.6 Å². The minimum absolute atomic E-state index is 0.0317. The third kappa shape index (κ3) is 4.62. The maximum atomic E-state index is 13.1. The quantitative estimate of drug-likeness (QED) is 0.311. The summed E-state index contributed by atoms with van der Waals surface area (Å²) in [6, 6.07) is 9.98. The van der Waals surface area contributed by atoms with Crippen molar-refractivity contribution in [2.75, 3.05) is 6.61 Å². The summed E-state index contributed by atoms with van der Waals surface area (Å²) in [4.78, 5) is 12.8. The van der Waals surface area contributed by atoms with Crippen molar-refractivity contribution in [3.8, 4) is 29.1 Å². The highest BCUT2D eigenvalue weighted by Gasteiger charge is 2.31. The highest BCUT2D eigenvalue weighted by molar-refractivity contribution is 6.32. The monoisotopic (exact) mass is 463 g/mol. The molecule has 32 heavy (non-hydrogen) atoms. The lowest BCUT2D eigenvalue weighted by Crippen LogP contribution is -2.05. The van der Waals surface area contributed by atoms with Crippen molar-refractivity contribution >= 4 is 22.8 Å². The number of rotatable bonds is 6. The molecule has 0 aliphatic carbocycles. The second-order valence-electron chi connectivity index (χ2n) is 6.95. The van der Waals surface area contributed by atoms with Crippen molar-refractivity contribution in [3.05, 3.63) is 58.6 Å². The minimum atomic E-state index is -4.56. The van der Waals surface area contributed by atoms with Gasteiger partial charge in [0.15, 0.2) is 5.52 Å². The van der Waals surface area contributed by atoms with Crippen LogP contribution in [0.15, 0.2) is 46.9 Å². The van der Waals surface area contributed by atoms with Crippen molar-refractivity contribution in [2.45, 2.75) is 26.4 Å². The summed E-state index contributed by atoms with van der Waals surface area (Å²) in [5.74, 6) is 0.145. The predicted octanol–water partition coefficient (Wildman–Crippen LogP) is 6.85. The zero-order chi connectivity index (χ0) is 22.9. The number of fused-ring (bicyclic) bond motifs is 1. The molecule has 0 atom stereocenters. The summed E-state index contributed by atoms with van der Waals surface area (Å²) < 4.78 is 56.1. The number of hydrogen-bond acceptors (Lipinski definition) is 6. The minimum Gasteiger partial charge on any atom is -0.476 e. The number of benzene rings is 2. The lowest BCUT2D eigenvalue weighted by atomic mass is 10.1. The molecule has 10 heteroatoms. The highest BCUT2D eigenvalue weighted by atomic mass is 35.5. The van der Waals surface area contributed by atoms with Crippen molar-refractivity contribution in [2.24, 2.45) is 0 Å². The highest BCUT2D eigenvalue weighted by Crippen LogP contribution is 2.37. The molecule has 0 saturated carbocycles. The van der Waals surface area contributed by atoms with Gasteiger partial charge in [0.1, 0.15) is 5.75 Å². The fourth-order valence-electron chi connectivity index (χ4n) is 2.88. The Balaban J connectivity index is 1.77. The Labute approximate surface area is 186 Å². The Morgan fingerprint density at radius 1 is 1.06 bits per heavy atom. The van der Waals surface area contributed by atoms with Gasteiger partial charge in [-0.05, 0) is 43.7 Å². The van der Waals surface area contributed by atoms with Crippen LogP contribution in [0.1, 0.15) is 24.5 Å². The van der Waals surface area contributed by atoms with Gasteiger partial charge in [0.05, 0.1) is 17.2 Å². The van der Waals surface area contributed by atoms with E-state index in [1.54, 1.807) is 0 Å². The maximum Gasteiger partial charge on any atom is 0.416 e. The van der Waals surface area contributed by atoms with E-state index in [2.05, 4.69) is 15.0 Å². The van der Waals surface area contributed by atoms with Gasteiger partial charge in [-0.25, -0.2) is 4.98 Å². The lowest BCUT2D eigenvalue weighted by Gasteiger charge is -2.11. The van der Waals surface area contributed by atoms with Crippen molar-refractivity contribution in [1.29, 1.82) is 0 Å². The van der Waals surface area contributed by atoms with E-state index in [1.807, 2.05) is 38.1 Å². The Morgan fingerprint density at radius 2 is 1.88 bits per heavy atom. The number of hydrogen-bond donors (Lipinski definition) is 0. The van der Waals surface area contributed by atoms with Crippen molar-refractivity contribution in [1.82, 2.24) is 15.0 Å². The number of ether oxygens (including phenoxy) is 2. The summed E-state index contributed by atoms with van der Waals surface area (Å²) >= 11 is 6.02. The summed E-state index contributed by atoms with van der Waals surface area (Å²) in [5.41, 5.74) is 1.18. The first-order valence-electron chi connectivity index (χ1n) is 9.67. The van der Waals surface area contributed by atoms with Crippen LogP contribution in [0.4, 0.5) is 13.2 Å². The van der Waals surface area contributed by atoms with Crippen LogP contribution in [-0.4, -0.2) is 21.6 Å². The van der Waals surface area contributed by atoms with Crippen molar-refractivity contribution < 1.29 is 27.1 Å². The first-order valence-corrected chi connectivity index (χ1v) is 10.1. The molecule has 0 aliphatic heterocycles. The zero-order valence-electron chi connectivity index (χ0n) is 17.0. The molecule has 2 aromatic heterocycles. The van der Waals surface area contributed by atoms with E-state index in [0.29, 0.717) is 18.9 Å². The van der Waals surface area contributed by atoms with Crippen molar-refractivity contribution in [3.63, 3.8) is 0 Å². The second-order valence-corrected chi connectivity index (χ2v) is 7.35. The molecule has 6 nitrogen and oxygen atoms in total.